The Morgan fingerprint density at radius 3 is 3.15 bits per heavy atom. The lowest BCUT2D eigenvalue weighted by Gasteiger charge is -2.32. The van der Waals surface area contributed by atoms with Gasteiger partial charge in [-0.1, -0.05) is 12.1 Å². The van der Waals surface area contributed by atoms with Crippen molar-refractivity contribution in [3.63, 3.8) is 0 Å². The SMILES string of the molecule is NC[C@@H]1CN(C(=O)c2cccc3ncccc23)CCO1. The molecule has 2 heterocycles. The number of fused-ring (bicyclic) bond motifs is 1. The van der Waals surface area contributed by atoms with Crippen LogP contribution in [0.4, 0.5) is 0 Å². The maximum Gasteiger partial charge on any atom is 0.254 e. The summed E-state index contributed by atoms with van der Waals surface area (Å²) in [4.78, 5) is 18.8. The van der Waals surface area contributed by atoms with Gasteiger partial charge in [-0.15, -0.1) is 0 Å². The van der Waals surface area contributed by atoms with Crippen molar-refractivity contribution in [2.24, 2.45) is 5.73 Å². The average molecular weight is 271 g/mol. The summed E-state index contributed by atoms with van der Waals surface area (Å²) in [5, 5.41) is 0.885. The summed E-state index contributed by atoms with van der Waals surface area (Å²) >= 11 is 0. The second-order valence-electron chi connectivity index (χ2n) is 4.86. The van der Waals surface area contributed by atoms with E-state index in [0.29, 0.717) is 31.8 Å². The van der Waals surface area contributed by atoms with Gasteiger partial charge in [-0.05, 0) is 18.2 Å². The van der Waals surface area contributed by atoms with E-state index in [-0.39, 0.29) is 12.0 Å². The van der Waals surface area contributed by atoms with Gasteiger partial charge < -0.3 is 15.4 Å². The molecule has 5 heteroatoms. The van der Waals surface area contributed by atoms with Gasteiger partial charge in [-0.3, -0.25) is 9.78 Å². The molecule has 20 heavy (non-hydrogen) atoms. The van der Waals surface area contributed by atoms with Crippen LogP contribution in [0, 0.1) is 0 Å². The molecule has 3 rings (SSSR count). The number of hydrogen-bond acceptors (Lipinski definition) is 4. The normalized spacial score (nSPS) is 19.2. The van der Waals surface area contributed by atoms with Crippen molar-refractivity contribution in [2.45, 2.75) is 6.10 Å². The maximum absolute atomic E-state index is 12.7. The third-order valence-electron chi connectivity index (χ3n) is 3.56. The standard InChI is InChI=1S/C15H17N3O2/c16-9-11-10-18(7-8-20-11)15(19)13-3-1-5-14-12(13)4-2-6-17-14/h1-6,11H,7-10,16H2/t11-/m1/s1. The van der Waals surface area contributed by atoms with Crippen LogP contribution >= 0.6 is 0 Å². The molecule has 0 aliphatic carbocycles. The molecule has 5 nitrogen and oxygen atoms in total. The van der Waals surface area contributed by atoms with Crippen molar-refractivity contribution in [1.29, 1.82) is 0 Å². The number of carbonyl (C=O) groups excluding carboxylic acids is 1. The summed E-state index contributed by atoms with van der Waals surface area (Å²) in [6.07, 6.45) is 1.66. The summed E-state index contributed by atoms with van der Waals surface area (Å²) in [7, 11) is 0. The molecule has 0 unspecified atom stereocenters. The first kappa shape index (κ1) is 13.0. The molecule has 1 saturated heterocycles. The highest BCUT2D eigenvalue weighted by atomic mass is 16.5. The topological polar surface area (TPSA) is 68.5 Å². The van der Waals surface area contributed by atoms with E-state index in [9.17, 15) is 4.79 Å². The first-order chi connectivity index (χ1) is 9.79. The number of carbonyl (C=O) groups is 1. The second kappa shape index (κ2) is 5.56. The van der Waals surface area contributed by atoms with Crippen LogP contribution in [0.5, 0.6) is 0 Å². The predicted molar refractivity (Wildman–Crippen MR) is 76.4 cm³/mol. The van der Waals surface area contributed by atoms with Crippen LogP contribution in [0.2, 0.25) is 0 Å². The molecule has 1 aromatic carbocycles. The molecule has 104 valence electrons. The Bertz CT molecular complexity index is 624. The van der Waals surface area contributed by atoms with Gasteiger partial charge in [0.1, 0.15) is 0 Å². The fourth-order valence-corrected chi connectivity index (χ4v) is 2.51. The molecule has 0 spiro atoms. The van der Waals surface area contributed by atoms with Crippen LogP contribution in [0.25, 0.3) is 10.9 Å². The van der Waals surface area contributed by atoms with Crippen LogP contribution in [0.15, 0.2) is 36.5 Å². The minimum atomic E-state index is -0.0687. The highest BCUT2D eigenvalue weighted by Crippen LogP contribution is 2.19. The van der Waals surface area contributed by atoms with Crippen LogP contribution in [0.1, 0.15) is 10.4 Å². The number of nitrogens with two attached hydrogens (primary N) is 1. The van der Waals surface area contributed by atoms with E-state index in [1.807, 2.05) is 35.2 Å². The van der Waals surface area contributed by atoms with Crippen LogP contribution in [0.3, 0.4) is 0 Å². The molecule has 1 atom stereocenters. The number of pyridine rings is 1. The van der Waals surface area contributed by atoms with Gasteiger partial charge in [-0.25, -0.2) is 0 Å². The molecule has 2 N–H and O–H groups in total. The molecule has 0 saturated carbocycles. The van der Waals surface area contributed by atoms with E-state index in [4.69, 9.17) is 10.5 Å². The molecule has 1 aliphatic heterocycles. The van der Waals surface area contributed by atoms with Crippen molar-refractivity contribution in [3.05, 3.63) is 42.1 Å². The third kappa shape index (κ3) is 2.37. The summed E-state index contributed by atoms with van der Waals surface area (Å²) in [5.74, 6) is 0.0188. The molecular formula is C15H17N3O2. The predicted octanol–water partition coefficient (Wildman–Crippen LogP) is 1.03. The van der Waals surface area contributed by atoms with Crippen molar-refractivity contribution in [3.8, 4) is 0 Å². The fraction of sp³-hybridized carbons (Fsp3) is 0.333. The molecule has 1 aliphatic rings. The number of amides is 1. The Kier molecular flexibility index (Phi) is 3.62. The lowest BCUT2D eigenvalue weighted by molar-refractivity contribution is -0.0166. The first-order valence-corrected chi connectivity index (χ1v) is 6.74. The molecule has 2 aromatic rings. The quantitative estimate of drug-likeness (QED) is 0.886. The van der Waals surface area contributed by atoms with Crippen molar-refractivity contribution in [2.75, 3.05) is 26.2 Å². The fourth-order valence-electron chi connectivity index (χ4n) is 2.51. The Labute approximate surface area is 117 Å². The average Bonchev–Trinajstić information content (AvgIpc) is 2.53. The first-order valence-electron chi connectivity index (χ1n) is 6.74. The zero-order valence-corrected chi connectivity index (χ0v) is 11.2. The highest BCUT2D eigenvalue weighted by Gasteiger charge is 2.25. The van der Waals surface area contributed by atoms with E-state index < -0.39 is 0 Å². The van der Waals surface area contributed by atoms with Gasteiger partial charge in [0.05, 0.1) is 18.2 Å². The van der Waals surface area contributed by atoms with E-state index in [1.165, 1.54) is 0 Å². The number of morpholine rings is 1. The summed E-state index contributed by atoms with van der Waals surface area (Å²) < 4.78 is 5.50. The molecule has 1 aromatic heterocycles. The van der Waals surface area contributed by atoms with E-state index in [0.717, 1.165) is 10.9 Å². The Hall–Kier alpha value is -1.98. The van der Waals surface area contributed by atoms with Gasteiger partial charge in [0.15, 0.2) is 0 Å². The minimum absolute atomic E-state index is 0.0188. The maximum atomic E-state index is 12.7. The molecule has 0 bridgehead atoms. The van der Waals surface area contributed by atoms with E-state index in [2.05, 4.69) is 4.98 Å². The van der Waals surface area contributed by atoms with Gasteiger partial charge in [-0.2, -0.15) is 0 Å². The number of rotatable bonds is 2. The number of nitrogens with zero attached hydrogens (tertiary/aromatic N) is 2. The lowest BCUT2D eigenvalue weighted by atomic mass is 10.1. The van der Waals surface area contributed by atoms with Gasteiger partial charge >= 0.3 is 0 Å². The van der Waals surface area contributed by atoms with E-state index >= 15 is 0 Å². The number of hydrogen-bond donors (Lipinski definition) is 1. The number of ether oxygens (including phenoxy) is 1. The Morgan fingerprint density at radius 1 is 1.40 bits per heavy atom. The monoisotopic (exact) mass is 271 g/mol. The van der Waals surface area contributed by atoms with Gasteiger partial charge in [0.25, 0.3) is 5.91 Å². The van der Waals surface area contributed by atoms with Crippen molar-refractivity contribution < 1.29 is 9.53 Å². The largest absolute Gasteiger partial charge is 0.373 e. The Morgan fingerprint density at radius 2 is 2.30 bits per heavy atom. The van der Waals surface area contributed by atoms with Crippen LogP contribution < -0.4 is 5.73 Å². The lowest BCUT2D eigenvalue weighted by Crippen LogP contribution is -2.48. The number of aromatic nitrogens is 1. The zero-order chi connectivity index (χ0) is 13.9. The van der Waals surface area contributed by atoms with E-state index in [1.54, 1.807) is 6.20 Å². The second-order valence-corrected chi connectivity index (χ2v) is 4.86. The smallest absolute Gasteiger partial charge is 0.254 e. The molecule has 0 radical (unpaired) electrons. The summed E-state index contributed by atoms with van der Waals surface area (Å²) in [6, 6.07) is 9.40. The summed E-state index contributed by atoms with van der Waals surface area (Å²) in [5.41, 5.74) is 7.15. The van der Waals surface area contributed by atoms with Gasteiger partial charge in [0.2, 0.25) is 0 Å². The van der Waals surface area contributed by atoms with Crippen molar-refractivity contribution >= 4 is 16.8 Å². The number of benzene rings is 1. The minimum Gasteiger partial charge on any atom is -0.373 e. The van der Waals surface area contributed by atoms with Crippen LogP contribution in [-0.4, -0.2) is 48.1 Å². The summed E-state index contributed by atoms with van der Waals surface area (Å²) in [6.45, 7) is 2.12. The highest BCUT2D eigenvalue weighted by molar-refractivity contribution is 6.06. The van der Waals surface area contributed by atoms with Crippen LogP contribution in [-0.2, 0) is 4.74 Å². The van der Waals surface area contributed by atoms with Crippen molar-refractivity contribution in [1.82, 2.24) is 9.88 Å². The molecular weight excluding hydrogens is 254 g/mol. The van der Waals surface area contributed by atoms with Gasteiger partial charge in [0, 0.05) is 36.8 Å². The third-order valence-corrected chi connectivity index (χ3v) is 3.56. The molecule has 1 amide bonds. The Balaban J connectivity index is 1.92. The zero-order valence-electron chi connectivity index (χ0n) is 11.2. The molecule has 1 fully saturated rings.